The van der Waals surface area contributed by atoms with Gasteiger partial charge >= 0.3 is 0 Å². The molecule has 6 heteroatoms. The summed E-state index contributed by atoms with van der Waals surface area (Å²) in [7, 11) is 0. The zero-order valence-electron chi connectivity index (χ0n) is 14.7. The molecule has 4 aliphatic rings. The van der Waals surface area contributed by atoms with Gasteiger partial charge in [0.25, 0.3) is 0 Å². The van der Waals surface area contributed by atoms with Gasteiger partial charge in [0.15, 0.2) is 0 Å². The van der Waals surface area contributed by atoms with E-state index in [1.807, 2.05) is 12.3 Å². The fourth-order valence-electron chi connectivity index (χ4n) is 4.12. The number of anilines is 1. The second kappa shape index (κ2) is 6.65. The molecule has 26 heavy (non-hydrogen) atoms. The van der Waals surface area contributed by atoms with Crippen LogP contribution in [0.3, 0.4) is 0 Å². The first-order valence-electron chi connectivity index (χ1n) is 9.31. The van der Waals surface area contributed by atoms with E-state index in [1.54, 1.807) is 0 Å². The van der Waals surface area contributed by atoms with Gasteiger partial charge in [-0.15, -0.1) is 0 Å². The van der Waals surface area contributed by atoms with Gasteiger partial charge in [0.1, 0.15) is 12.4 Å². The third-order valence-electron chi connectivity index (χ3n) is 5.53. The first-order chi connectivity index (χ1) is 12.8. The van der Waals surface area contributed by atoms with Crippen molar-refractivity contribution in [1.82, 2.24) is 15.3 Å². The van der Waals surface area contributed by atoms with Crippen molar-refractivity contribution in [3.8, 4) is 5.75 Å². The zero-order chi connectivity index (χ0) is 17.5. The normalized spacial score (nSPS) is 25.3. The van der Waals surface area contributed by atoms with Crippen molar-refractivity contribution in [3.63, 3.8) is 0 Å². The highest BCUT2D eigenvalue weighted by Crippen LogP contribution is 2.34. The summed E-state index contributed by atoms with van der Waals surface area (Å²) in [5, 5.41) is 8.66. The molecule has 1 atom stereocenters. The van der Waals surface area contributed by atoms with Gasteiger partial charge in [0.2, 0.25) is 0 Å². The van der Waals surface area contributed by atoms with E-state index in [1.165, 1.54) is 16.9 Å². The smallest absolute Gasteiger partial charge is 0.124 e. The monoisotopic (exact) mass is 370 g/mol. The van der Waals surface area contributed by atoms with Gasteiger partial charge in [-0.3, -0.25) is 5.01 Å². The summed E-state index contributed by atoms with van der Waals surface area (Å²) < 4.78 is 6.18. The summed E-state index contributed by atoms with van der Waals surface area (Å²) in [6.45, 7) is 5.79. The van der Waals surface area contributed by atoms with Crippen molar-refractivity contribution in [2.75, 3.05) is 44.2 Å². The number of fused-ring (bicyclic) bond motifs is 2. The van der Waals surface area contributed by atoms with Crippen molar-refractivity contribution >= 4 is 17.3 Å². The Kier molecular flexibility index (Phi) is 4.15. The van der Waals surface area contributed by atoms with Crippen LogP contribution in [0.2, 0.25) is 0 Å². The Morgan fingerprint density at radius 3 is 2.92 bits per heavy atom. The molecule has 0 aromatic heterocycles. The molecule has 0 bridgehead atoms. The number of ether oxygens (including phenoxy) is 1. The average Bonchev–Trinajstić information content (AvgIpc) is 3.11. The first-order valence-corrected chi connectivity index (χ1v) is 9.68. The van der Waals surface area contributed by atoms with E-state index < -0.39 is 0 Å². The van der Waals surface area contributed by atoms with Gasteiger partial charge in [-0.05, 0) is 36.3 Å². The summed E-state index contributed by atoms with van der Waals surface area (Å²) in [6.07, 6.45) is 9.23. The lowest BCUT2D eigenvalue weighted by Gasteiger charge is -2.39. The lowest BCUT2D eigenvalue weighted by Crippen LogP contribution is -2.48. The van der Waals surface area contributed by atoms with Crippen molar-refractivity contribution in [2.45, 2.75) is 12.5 Å². The van der Waals surface area contributed by atoms with Gasteiger partial charge < -0.3 is 15.0 Å². The SMILES string of the molecule is ClC1=CN2C(=CCN2[C@H]2COc3cc(N4CCNCC4)ccc3C2)C=C1. The van der Waals surface area contributed by atoms with Gasteiger partial charge in [0.05, 0.1) is 16.8 Å². The molecule has 1 aromatic carbocycles. The molecule has 4 aliphatic heterocycles. The molecule has 0 unspecified atom stereocenters. The van der Waals surface area contributed by atoms with E-state index in [2.05, 4.69) is 50.6 Å². The molecule has 1 saturated heterocycles. The summed E-state index contributed by atoms with van der Waals surface area (Å²) in [4.78, 5) is 2.43. The van der Waals surface area contributed by atoms with Gasteiger partial charge in [-0.2, -0.15) is 0 Å². The lowest BCUT2D eigenvalue weighted by molar-refractivity contribution is 0.0106. The molecular weight excluding hydrogens is 348 g/mol. The largest absolute Gasteiger partial charge is 0.492 e. The van der Waals surface area contributed by atoms with Crippen LogP contribution in [-0.4, -0.2) is 55.4 Å². The van der Waals surface area contributed by atoms with E-state index in [4.69, 9.17) is 16.3 Å². The van der Waals surface area contributed by atoms with Gasteiger partial charge in [-0.25, -0.2) is 5.01 Å². The highest BCUT2D eigenvalue weighted by Gasteiger charge is 2.33. The van der Waals surface area contributed by atoms with Crippen LogP contribution in [0.25, 0.3) is 0 Å². The third-order valence-corrected chi connectivity index (χ3v) is 5.75. The van der Waals surface area contributed by atoms with Gasteiger partial charge in [0, 0.05) is 50.7 Å². The number of hydrogen-bond acceptors (Lipinski definition) is 5. The van der Waals surface area contributed by atoms with Crippen LogP contribution in [0, 0.1) is 0 Å². The van der Waals surface area contributed by atoms with E-state index >= 15 is 0 Å². The Bertz CT molecular complexity index is 797. The van der Waals surface area contributed by atoms with Crippen molar-refractivity contribution in [2.24, 2.45) is 0 Å². The molecule has 0 radical (unpaired) electrons. The number of piperazine rings is 1. The second-order valence-corrected chi connectivity index (χ2v) is 7.58. The molecule has 0 saturated carbocycles. The number of hydrazine groups is 1. The quantitative estimate of drug-likeness (QED) is 0.864. The summed E-state index contributed by atoms with van der Waals surface area (Å²) in [6, 6.07) is 7.00. The maximum Gasteiger partial charge on any atom is 0.124 e. The Balaban J connectivity index is 1.32. The molecule has 5 nitrogen and oxygen atoms in total. The minimum Gasteiger partial charge on any atom is -0.492 e. The van der Waals surface area contributed by atoms with E-state index in [-0.39, 0.29) is 0 Å². The van der Waals surface area contributed by atoms with Crippen LogP contribution in [-0.2, 0) is 6.42 Å². The predicted molar refractivity (Wildman–Crippen MR) is 104 cm³/mol. The maximum absolute atomic E-state index is 6.20. The molecule has 0 aliphatic carbocycles. The van der Waals surface area contributed by atoms with Crippen LogP contribution in [0.15, 0.2) is 53.4 Å². The minimum atomic E-state index is 0.313. The molecule has 1 fully saturated rings. The van der Waals surface area contributed by atoms with Gasteiger partial charge in [-0.1, -0.05) is 17.7 Å². The van der Waals surface area contributed by atoms with Crippen LogP contribution >= 0.6 is 11.6 Å². The first kappa shape index (κ1) is 16.2. The molecule has 4 heterocycles. The summed E-state index contributed by atoms with van der Waals surface area (Å²) in [5.41, 5.74) is 3.75. The topological polar surface area (TPSA) is 31.0 Å². The number of halogens is 1. The Hall–Kier alpha value is -1.95. The van der Waals surface area contributed by atoms with Crippen LogP contribution in [0.4, 0.5) is 5.69 Å². The van der Waals surface area contributed by atoms with E-state index in [9.17, 15) is 0 Å². The molecule has 0 amide bonds. The Morgan fingerprint density at radius 2 is 2.04 bits per heavy atom. The van der Waals surface area contributed by atoms with Crippen molar-refractivity contribution in [1.29, 1.82) is 0 Å². The van der Waals surface area contributed by atoms with Crippen LogP contribution in [0.5, 0.6) is 5.75 Å². The predicted octanol–water partition coefficient (Wildman–Crippen LogP) is 2.47. The van der Waals surface area contributed by atoms with E-state index in [0.29, 0.717) is 12.6 Å². The van der Waals surface area contributed by atoms with E-state index in [0.717, 1.165) is 49.9 Å². The number of nitrogens with one attached hydrogen (secondary N) is 1. The average molecular weight is 371 g/mol. The molecule has 0 spiro atoms. The maximum atomic E-state index is 6.20. The Morgan fingerprint density at radius 1 is 1.15 bits per heavy atom. The van der Waals surface area contributed by atoms with Crippen molar-refractivity contribution in [3.05, 3.63) is 58.9 Å². The highest BCUT2D eigenvalue weighted by molar-refractivity contribution is 6.31. The van der Waals surface area contributed by atoms with Crippen LogP contribution in [0.1, 0.15) is 5.56 Å². The minimum absolute atomic E-state index is 0.313. The zero-order valence-corrected chi connectivity index (χ0v) is 15.5. The number of nitrogens with zero attached hydrogens (tertiary/aromatic N) is 3. The number of hydrogen-bond donors (Lipinski definition) is 1. The second-order valence-electron chi connectivity index (χ2n) is 7.14. The standard InChI is InChI=1S/C20H23ClN4O/c21-16-2-4-17-5-8-24(25(17)13-16)19-11-15-1-3-18(12-20(15)26-14-19)23-9-6-22-7-10-23/h1-5,12-13,19,22H,6-11,14H2/t19-/m1/s1. The fourth-order valence-corrected chi connectivity index (χ4v) is 4.27. The number of allylic oxidation sites excluding steroid dienone is 3. The summed E-state index contributed by atoms with van der Waals surface area (Å²) >= 11 is 6.20. The summed E-state index contributed by atoms with van der Waals surface area (Å²) in [5.74, 6) is 1.04. The lowest BCUT2D eigenvalue weighted by atomic mass is 10.0. The Labute approximate surface area is 159 Å². The number of benzene rings is 1. The number of rotatable bonds is 2. The molecule has 1 aromatic rings. The molecule has 136 valence electrons. The highest BCUT2D eigenvalue weighted by atomic mass is 35.5. The van der Waals surface area contributed by atoms with Crippen molar-refractivity contribution < 1.29 is 4.74 Å². The third kappa shape index (κ3) is 2.90. The molecule has 5 rings (SSSR count). The van der Waals surface area contributed by atoms with Crippen LogP contribution < -0.4 is 15.0 Å². The molecule has 1 N–H and O–H groups in total. The fraction of sp³-hybridized carbons (Fsp3) is 0.400. The molecular formula is C20H23ClN4O.